The first kappa shape index (κ1) is 39.3. The summed E-state index contributed by atoms with van der Waals surface area (Å²) in [6.07, 6.45) is -1.55. The van der Waals surface area contributed by atoms with Crippen molar-refractivity contribution in [3.05, 3.63) is 93.0 Å². The van der Waals surface area contributed by atoms with Crippen LogP contribution in [-0.2, 0) is 28.9 Å². The van der Waals surface area contributed by atoms with E-state index in [1.807, 2.05) is 78.8 Å². The highest BCUT2D eigenvalue weighted by Gasteiger charge is 2.38. The van der Waals surface area contributed by atoms with Gasteiger partial charge in [0.2, 0.25) is 0 Å². The number of carbonyl (C=O) groups is 2. The van der Waals surface area contributed by atoms with E-state index in [9.17, 15) is 14.7 Å². The van der Waals surface area contributed by atoms with E-state index < -0.39 is 31.6 Å². The molecule has 0 bridgehead atoms. The van der Waals surface area contributed by atoms with E-state index in [0.29, 0.717) is 6.61 Å². The number of rotatable bonds is 11. The Morgan fingerprint density at radius 1 is 0.812 bits per heavy atom. The van der Waals surface area contributed by atoms with Crippen molar-refractivity contribution in [1.29, 1.82) is 0 Å². The van der Waals surface area contributed by atoms with E-state index in [0.717, 1.165) is 43.4 Å². The van der Waals surface area contributed by atoms with E-state index >= 15 is 0 Å². The predicted molar refractivity (Wildman–Crippen MR) is 202 cm³/mol. The number of halogens is 1. The van der Waals surface area contributed by atoms with Gasteiger partial charge in [0.1, 0.15) is 5.60 Å². The molecule has 0 fully saturated rings. The van der Waals surface area contributed by atoms with E-state index in [4.69, 9.17) is 9.16 Å². The van der Waals surface area contributed by atoms with Gasteiger partial charge in [0.15, 0.2) is 8.32 Å². The lowest BCUT2D eigenvalue weighted by Crippen LogP contribution is -2.55. The first-order valence-electron chi connectivity index (χ1n) is 16.6. The summed E-state index contributed by atoms with van der Waals surface area (Å²) in [5.41, 5.74) is 5.43. The maximum atomic E-state index is 13.7. The molecule has 262 valence electrons. The second kappa shape index (κ2) is 15.2. The fourth-order valence-corrected chi connectivity index (χ4v) is 6.48. The van der Waals surface area contributed by atoms with Gasteiger partial charge in [-0.1, -0.05) is 73.1 Å². The molecule has 1 N–H and O–H groups in total. The van der Waals surface area contributed by atoms with Gasteiger partial charge in [-0.15, -0.1) is 0 Å². The van der Waals surface area contributed by atoms with Crippen molar-refractivity contribution in [2.45, 2.75) is 118 Å². The van der Waals surface area contributed by atoms with Crippen LogP contribution in [0.15, 0.2) is 65.1 Å². The molecule has 0 spiro atoms. The normalized spacial score (nSPS) is 12.5. The fourth-order valence-electron chi connectivity index (χ4n) is 5.11. The highest BCUT2D eigenvalue weighted by molar-refractivity contribution is 9.10. The topological polar surface area (TPSA) is 79.3 Å². The highest BCUT2D eigenvalue weighted by Crippen LogP contribution is 2.37. The molecule has 3 rings (SSSR count). The Bertz CT molecular complexity index is 1610. The standard InChI is InChI=1S/C39H55BrN2O5Si/c1-27-16-18-31(30-15-13-14-29(20-30)25-46-48(11,12)38(6,7)8)21-32(27)23-41(35(43)44)26-39(9,10)42(36(45)47-37(3,4)5)24-33-22-34(40)19-17-28(33)2/h13-22H,23-26H2,1-12H3,(H,43,44). The minimum Gasteiger partial charge on any atom is -0.465 e. The Kier molecular flexibility index (Phi) is 12.4. The SMILES string of the molecule is Cc1ccc(-c2cccc(CO[Si](C)(C)C(C)(C)C)c2)cc1CN(CC(C)(C)N(Cc1cc(Br)ccc1C)C(=O)OC(C)(C)C)C(=O)O. The van der Waals surface area contributed by atoms with Gasteiger partial charge < -0.3 is 19.2 Å². The lowest BCUT2D eigenvalue weighted by Gasteiger charge is -2.42. The molecule has 9 heteroatoms. The number of carboxylic acid groups (broad SMARTS) is 1. The van der Waals surface area contributed by atoms with Gasteiger partial charge in [-0.3, -0.25) is 4.90 Å². The van der Waals surface area contributed by atoms with E-state index in [1.54, 1.807) is 4.90 Å². The third kappa shape index (κ3) is 10.7. The van der Waals surface area contributed by atoms with Gasteiger partial charge in [0.05, 0.1) is 12.1 Å². The van der Waals surface area contributed by atoms with Crippen molar-refractivity contribution >= 4 is 36.4 Å². The van der Waals surface area contributed by atoms with Gasteiger partial charge in [-0.2, -0.15) is 0 Å². The Balaban J connectivity index is 1.90. The Morgan fingerprint density at radius 3 is 1.98 bits per heavy atom. The molecule has 0 atom stereocenters. The second-order valence-electron chi connectivity index (χ2n) is 16.0. The number of hydrogen-bond acceptors (Lipinski definition) is 4. The lowest BCUT2D eigenvalue weighted by atomic mass is 9.97. The number of aryl methyl sites for hydroxylation is 2. The molecule has 0 aliphatic heterocycles. The van der Waals surface area contributed by atoms with Crippen LogP contribution in [0, 0.1) is 13.8 Å². The molecule has 3 aromatic carbocycles. The zero-order valence-corrected chi connectivity index (χ0v) is 33.5. The third-order valence-electron chi connectivity index (χ3n) is 9.21. The summed E-state index contributed by atoms with van der Waals surface area (Å²) in [6, 6.07) is 20.5. The number of nitrogens with zero attached hydrogens (tertiary/aromatic N) is 2. The maximum absolute atomic E-state index is 13.7. The zero-order valence-electron chi connectivity index (χ0n) is 31.0. The van der Waals surface area contributed by atoms with Crippen LogP contribution in [0.1, 0.15) is 83.2 Å². The molecule has 0 saturated carbocycles. The van der Waals surface area contributed by atoms with E-state index in [2.05, 4.69) is 80.1 Å². The van der Waals surface area contributed by atoms with Crippen LogP contribution < -0.4 is 0 Å². The Morgan fingerprint density at radius 2 is 1.40 bits per heavy atom. The smallest absolute Gasteiger partial charge is 0.411 e. The second-order valence-corrected chi connectivity index (χ2v) is 21.7. The van der Waals surface area contributed by atoms with Crippen molar-refractivity contribution in [1.82, 2.24) is 9.80 Å². The first-order chi connectivity index (χ1) is 22.0. The van der Waals surface area contributed by atoms with Gasteiger partial charge >= 0.3 is 12.2 Å². The summed E-state index contributed by atoms with van der Waals surface area (Å²) < 4.78 is 13.2. The van der Waals surface area contributed by atoms with E-state index in [1.165, 1.54) is 4.90 Å². The molecule has 0 saturated heterocycles. The molecule has 0 unspecified atom stereocenters. The number of amides is 2. The third-order valence-corrected chi connectivity index (χ3v) is 14.2. The minimum absolute atomic E-state index is 0.0819. The Hall–Kier alpha value is -3.14. The molecule has 0 radical (unpaired) electrons. The van der Waals surface area contributed by atoms with Crippen LogP contribution in [0.3, 0.4) is 0 Å². The maximum Gasteiger partial charge on any atom is 0.411 e. The average Bonchev–Trinajstić information content (AvgIpc) is 2.95. The van der Waals surface area contributed by atoms with Crippen molar-refractivity contribution < 1.29 is 23.9 Å². The predicted octanol–water partition coefficient (Wildman–Crippen LogP) is 11.0. The quantitative estimate of drug-likeness (QED) is 0.198. The lowest BCUT2D eigenvalue weighted by molar-refractivity contribution is -0.00687. The highest BCUT2D eigenvalue weighted by atomic mass is 79.9. The summed E-state index contributed by atoms with van der Waals surface area (Å²) in [7, 11) is -1.90. The average molecular weight is 740 g/mol. The van der Waals surface area contributed by atoms with Crippen molar-refractivity contribution in [2.75, 3.05) is 6.54 Å². The summed E-state index contributed by atoms with van der Waals surface area (Å²) in [5.74, 6) is 0. The molecule has 3 aromatic rings. The number of carbonyl (C=O) groups excluding carboxylic acids is 1. The van der Waals surface area contributed by atoms with Crippen LogP contribution in [0.2, 0.25) is 18.1 Å². The van der Waals surface area contributed by atoms with Gasteiger partial charge in [0.25, 0.3) is 0 Å². The molecule has 7 nitrogen and oxygen atoms in total. The van der Waals surface area contributed by atoms with Crippen LogP contribution in [0.5, 0.6) is 0 Å². The van der Waals surface area contributed by atoms with E-state index in [-0.39, 0.29) is 24.7 Å². The fraction of sp³-hybridized carbons (Fsp3) is 0.487. The van der Waals surface area contributed by atoms with Gasteiger partial charge in [-0.25, -0.2) is 9.59 Å². The summed E-state index contributed by atoms with van der Waals surface area (Å²) >= 11 is 3.55. The molecular weight excluding hydrogens is 684 g/mol. The molecule has 48 heavy (non-hydrogen) atoms. The largest absolute Gasteiger partial charge is 0.465 e. The van der Waals surface area contributed by atoms with Crippen molar-refractivity contribution in [2.24, 2.45) is 0 Å². The summed E-state index contributed by atoms with van der Waals surface area (Å²) in [6.45, 7) is 25.6. The van der Waals surface area contributed by atoms with Crippen LogP contribution in [-0.4, -0.2) is 53.1 Å². The number of ether oxygens (including phenoxy) is 1. The Labute approximate surface area is 297 Å². The number of benzene rings is 3. The first-order valence-corrected chi connectivity index (χ1v) is 20.3. The molecule has 0 aliphatic rings. The minimum atomic E-state index is -1.90. The van der Waals surface area contributed by atoms with Gasteiger partial charge in [-0.05, 0) is 130 Å². The van der Waals surface area contributed by atoms with Crippen molar-refractivity contribution in [3.8, 4) is 11.1 Å². The molecule has 2 amide bonds. The van der Waals surface area contributed by atoms with Crippen LogP contribution in [0.4, 0.5) is 9.59 Å². The zero-order chi connectivity index (χ0) is 36.2. The molecule has 0 aromatic heterocycles. The molecular formula is C39H55BrN2O5Si. The summed E-state index contributed by atoms with van der Waals surface area (Å²) in [4.78, 5) is 29.5. The van der Waals surface area contributed by atoms with Gasteiger partial charge in [0, 0.05) is 24.1 Å². The molecule has 0 aliphatic carbocycles. The summed E-state index contributed by atoms with van der Waals surface area (Å²) in [5, 5.41) is 10.6. The van der Waals surface area contributed by atoms with Crippen LogP contribution in [0.25, 0.3) is 11.1 Å². The number of hydrogen-bond donors (Lipinski definition) is 1. The molecule has 0 heterocycles. The van der Waals surface area contributed by atoms with Crippen molar-refractivity contribution in [3.63, 3.8) is 0 Å². The van der Waals surface area contributed by atoms with Crippen LogP contribution >= 0.6 is 15.9 Å². The monoisotopic (exact) mass is 738 g/mol.